The summed E-state index contributed by atoms with van der Waals surface area (Å²) in [6, 6.07) is 7.25. The molecule has 1 rings (SSSR count). The van der Waals surface area contributed by atoms with Crippen LogP contribution in [-0.4, -0.2) is 26.5 Å². The predicted molar refractivity (Wildman–Crippen MR) is 61.2 cm³/mol. The minimum atomic E-state index is -0.516. The number of rotatable bonds is 6. The van der Waals surface area contributed by atoms with Crippen molar-refractivity contribution in [2.75, 3.05) is 20.8 Å². The third kappa shape index (κ3) is 2.88. The molecule has 16 heavy (non-hydrogen) atoms. The van der Waals surface area contributed by atoms with Gasteiger partial charge in [0, 0.05) is 31.8 Å². The van der Waals surface area contributed by atoms with Gasteiger partial charge in [-0.25, -0.2) is 0 Å². The number of carbonyl (C=O) groups excluding carboxylic acids is 1. The third-order valence-electron chi connectivity index (χ3n) is 2.31. The molecule has 0 fully saturated rings. The van der Waals surface area contributed by atoms with Crippen LogP contribution in [0, 0.1) is 0 Å². The van der Waals surface area contributed by atoms with Gasteiger partial charge in [0.2, 0.25) is 0 Å². The van der Waals surface area contributed by atoms with Crippen LogP contribution < -0.4 is 5.73 Å². The number of Topliss-reactive ketones (excluding diaryl/α,β-unsaturated/α-hetero) is 1. The van der Waals surface area contributed by atoms with Crippen molar-refractivity contribution in [3.63, 3.8) is 0 Å². The van der Waals surface area contributed by atoms with Crippen LogP contribution in [0.4, 0.5) is 0 Å². The minimum Gasteiger partial charge on any atom is -0.352 e. The summed E-state index contributed by atoms with van der Waals surface area (Å²) in [7, 11) is 3.08. The van der Waals surface area contributed by atoms with Crippen LogP contribution in [0.5, 0.6) is 0 Å². The van der Waals surface area contributed by atoms with Gasteiger partial charge in [0.05, 0.1) is 0 Å². The molecule has 0 aliphatic rings. The van der Waals surface area contributed by atoms with Crippen LogP contribution in [0.15, 0.2) is 24.3 Å². The summed E-state index contributed by atoms with van der Waals surface area (Å²) >= 11 is 0. The van der Waals surface area contributed by atoms with Crippen molar-refractivity contribution in [2.24, 2.45) is 5.73 Å². The number of hydrogen-bond donors (Lipinski definition) is 1. The molecule has 0 amide bonds. The Bertz CT molecular complexity index is 348. The van der Waals surface area contributed by atoms with E-state index in [9.17, 15) is 4.79 Å². The summed E-state index contributed by atoms with van der Waals surface area (Å²) in [6.07, 6.45) is -0.185. The molecule has 88 valence electrons. The van der Waals surface area contributed by atoms with E-state index in [0.29, 0.717) is 18.5 Å². The predicted octanol–water partition coefficient (Wildman–Crippen LogP) is 1.51. The van der Waals surface area contributed by atoms with Crippen LogP contribution >= 0.6 is 0 Å². The van der Waals surface area contributed by atoms with Crippen LogP contribution in [0.2, 0.25) is 0 Å². The number of nitrogens with two attached hydrogens (primary N) is 1. The highest BCUT2D eigenvalue weighted by Crippen LogP contribution is 2.22. The zero-order valence-electron chi connectivity index (χ0n) is 9.60. The van der Waals surface area contributed by atoms with E-state index >= 15 is 0 Å². The normalized spacial score (nSPS) is 10.8. The first kappa shape index (κ1) is 12.8. The lowest BCUT2D eigenvalue weighted by Crippen LogP contribution is -2.13. The Kier molecular flexibility index (Phi) is 5.11. The van der Waals surface area contributed by atoms with Gasteiger partial charge in [-0.15, -0.1) is 0 Å². The molecular weight excluding hydrogens is 206 g/mol. The summed E-state index contributed by atoms with van der Waals surface area (Å²) in [5, 5.41) is 0. The average molecular weight is 223 g/mol. The molecule has 0 atom stereocenters. The smallest absolute Gasteiger partial charge is 0.183 e. The molecular formula is C12H17NO3. The standard InChI is InChI=1S/C12H17NO3/c1-15-12(16-2)10-6-4-3-5-9(10)11(14)7-8-13/h3-6,12H,7-8,13H2,1-2H3. The molecule has 0 bridgehead atoms. The molecule has 0 aliphatic heterocycles. The Hall–Kier alpha value is -1.23. The highest BCUT2D eigenvalue weighted by atomic mass is 16.7. The molecule has 4 heteroatoms. The van der Waals surface area contributed by atoms with E-state index in [1.165, 1.54) is 0 Å². The van der Waals surface area contributed by atoms with Gasteiger partial charge >= 0.3 is 0 Å². The van der Waals surface area contributed by atoms with E-state index in [-0.39, 0.29) is 5.78 Å². The fraction of sp³-hybridized carbons (Fsp3) is 0.417. The molecule has 0 aromatic heterocycles. The lowest BCUT2D eigenvalue weighted by molar-refractivity contribution is -0.106. The Labute approximate surface area is 95.3 Å². The maximum Gasteiger partial charge on any atom is 0.183 e. The third-order valence-corrected chi connectivity index (χ3v) is 2.31. The summed E-state index contributed by atoms with van der Waals surface area (Å²) in [6.45, 7) is 0.345. The molecule has 0 heterocycles. The minimum absolute atomic E-state index is 0.0113. The fourth-order valence-corrected chi connectivity index (χ4v) is 1.57. The van der Waals surface area contributed by atoms with Gasteiger partial charge in [-0.2, -0.15) is 0 Å². The molecule has 4 nitrogen and oxygen atoms in total. The molecule has 0 spiro atoms. The Morgan fingerprint density at radius 3 is 2.50 bits per heavy atom. The van der Waals surface area contributed by atoms with Crippen LogP contribution in [0.1, 0.15) is 28.6 Å². The number of carbonyl (C=O) groups is 1. The molecule has 0 radical (unpaired) electrons. The van der Waals surface area contributed by atoms with Crippen molar-refractivity contribution in [3.8, 4) is 0 Å². The quantitative estimate of drug-likeness (QED) is 0.586. The Balaban J connectivity index is 3.03. The Morgan fingerprint density at radius 1 is 1.31 bits per heavy atom. The van der Waals surface area contributed by atoms with Crippen molar-refractivity contribution >= 4 is 5.78 Å². The molecule has 0 aliphatic carbocycles. The van der Waals surface area contributed by atoms with Crippen LogP contribution in [0.3, 0.4) is 0 Å². The first-order chi connectivity index (χ1) is 7.74. The van der Waals surface area contributed by atoms with E-state index < -0.39 is 6.29 Å². The van der Waals surface area contributed by atoms with Gasteiger partial charge in [-0.1, -0.05) is 24.3 Å². The molecule has 0 saturated heterocycles. The van der Waals surface area contributed by atoms with E-state index in [4.69, 9.17) is 15.2 Å². The fourth-order valence-electron chi connectivity index (χ4n) is 1.57. The number of ether oxygens (including phenoxy) is 2. The van der Waals surface area contributed by atoms with Gasteiger partial charge in [-0.05, 0) is 6.54 Å². The maximum absolute atomic E-state index is 11.8. The van der Waals surface area contributed by atoms with Gasteiger partial charge in [0.25, 0.3) is 0 Å². The summed E-state index contributed by atoms with van der Waals surface area (Å²) < 4.78 is 10.3. The van der Waals surface area contributed by atoms with Gasteiger partial charge in [0.15, 0.2) is 12.1 Å². The van der Waals surface area contributed by atoms with Crippen molar-refractivity contribution in [2.45, 2.75) is 12.7 Å². The molecule has 1 aromatic carbocycles. The lowest BCUT2D eigenvalue weighted by Gasteiger charge is -2.16. The van der Waals surface area contributed by atoms with Gasteiger partial charge < -0.3 is 15.2 Å². The second-order valence-electron chi connectivity index (χ2n) is 3.35. The van der Waals surface area contributed by atoms with Crippen molar-refractivity contribution in [1.82, 2.24) is 0 Å². The first-order valence-corrected chi connectivity index (χ1v) is 5.12. The largest absolute Gasteiger partial charge is 0.352 e. The highest BCUT2D eigenvalue weighted by Gasteiger charge is 2.17. The monoisotopic (exact) mass is 223 g/mol. The van der Waals surface area contributed by atoms with Crippen LogP contribution in [0.25, 0.3) is 0 Å². The van der Waals surface area contributed by atoms with E-state index in [0.717, 1.165) is 5.56 Å². The highest BCUT2D eigenvalue weighted by molar-refractivity contribution is 5.97. The summed E-state index contributed by atoms with van der Waals surface area (Å²) in [4.78, 5) is 11.8. The van der Waals surface area contributed by atoms with E-state index in [1.54, 1.807) is 20.3 Å². The van der Waals surface area contributed by atoms with E-state index in [2.05, 4.69) is 0 Å². The second kappa shape index (κ2) is 6.37. The van der Waals surface area contributed by atoms with Crippen LogP contribution in [-0.2, 0) is 9.47 Å². The van der Waals surface area contributed by atoms with Crippen molar-refractivity contribution in [3.05, 3.63) is 35.4 Å². The van der Waals surface area contributed by atoms with Gasteiger partial charge in [0.1, 0.15) is 0 Å². The molecule has 0 unspecified atom stereocenters. The lowest BCUT2D eigenvalue weighted by atomic mass is 10.0. The molecule has 2 N–H and O–H groups in total. The van der Waals surface area contributed by atoms with Gasteiger partial charge in [-0.3, -0.25) is 4.79 Å². The summed E-state index contributed by atoms with van der Waals surface area (Å²) in [5.74, 6) is 0.0113. The first-order valence-electron chi connectivity index (χ1n) is 5.12. The number of methoxy groups -OCH3 is 2. The van der Waals surface area contributed by atoms with E-state index in [1.807, 2.05) is 18.2 Å². The zero-order chi connectivity index (χ0) is 12.0. The average Bonchev–Trinajstić information content (AvgIpc) is 2.31. The number of hydrogen-bond acceptors (Lipinski definition) is 4. The SMILES string of the molecule is COC(OC)c1ccccc1C(=O)CCN. The molecule has 0 saturated carbocycles. The molecule has 1 aromatic rings. The number of ketones is 1. The van der Waals surface area contributed by atoms with Crippen molar-refractivity contribution < 1.29 is 14.3 Å². The maximum atomic E-state index is 11.8. The number of benzene rings is 1. The Morgan fingerprint density at radius 2 is 1.94 bits per heavy atom. The zero-order valence-corrected chi connectivity index (χ0v) is 9.60. The second-order valence-corrected chi connectivity index (χ2v) is 3.35. The topological polar surface area (TPSA) is 61.5 Å². The summed E-state index contributed by atoms with van der Waals surface area (Å²) in [5.41, 5.74) is 6.73. The van der Waals surface area contributed by atoms with Crippen molar-refractivity contribution in [1.29, 1.82) is 0 Å².